The number of nitrogens with zero attached hydrogens (tertiary/aromatic N) is 2. The van der Waals surface area contributed by atoms with E-state index in [1.807, 2.05) is 48.5 Å². The molecule has 11 heteroatoms. The number of fused-ring (bicyclic) bond motifs is 1. The summed E-state index contributed by atoms with van der Waals surface area (Å²) in [6, 6.07) is 26.4. The summed E-state index contributed by atoms with van der Waals surface area (Å²) in [5.41, 5.74) is 3.00. The van der Waals surface area contributed by atoms with Crippen LogP contribution in [0.2, 0.25) is 10.0 Å². The second-order valence-electron chi connectivity index (χ2n) is 10.6. The molecule has 0 amide bonds. The van der Waals surface area contributed by atoms with Crippen molar-refractivity contribution in [1.29, 1.82) is 0 Å². The molecule has 1 aliphatic rings. The van der Waals surface area contributed by atoms with Gasteiger partial charge >= 0.3 is 5.97 Å². The predicted octanol–water partition coefficient (Wildman–Crippen LogP) is 6.84. The molecule has 2 heterocycles. The van der Waals surface area contributed by atoms with Crippen molar-refractivity contribution in [3.05, 3.63) is 149 Å². The predicted molar refractivity (Wildman–Crippen MR) is 188 cm³/mol. The second-order valence-corrected chi connectivity index (χ2v) is 12.5. The average Bonchev–Trinajstić information content (AvgIpc) is 3.41. The Balaban J connectivity index is 1.57. The Kier molecular flexibility index (Phi) is 10.0. The summed E-state index contributed by atoms with van der Waals surface area (Å²) in [5.74, 6) is 0.875. The average molecular weight is 702 g/mol. The first-order chi connectivity index (χ1) is 23.3. The van der Waals surface area contributed by atoms with Crippen molar-refractivity contribution in [1.82, 2.24) is 4.57 Å². The maximum atomic E-state index is 14.4. The molecular formula is C37H30Cl2N2O6S. The zero-order chi connectivity index (χ0) is 33.8. The molecule has 0 bridgehead atoms. The highest BCUT2D eigenvalue weighted by Crippen LogP contribution is 2.38. The molecule has 0 N–H and O–H groups in total. The van der Waals surface area contributed by atoms with Gasteiger partial charge in [-0.2, -0.15) is 0 Å². The van der Waals surface area contributed by atoms with Gasteiger partial charge in [-0.15, -0.1) is 0 Å². The number of esters is 1. The lowest BCUT2D eigenvalue weighted by Gasteiger charge is -2.26. The van der Waals surface area contributed by atoms with Crippen molar-refractivity contribution >= 4 is 52.3 Å². The van der Waals surface area contributed by atoms with Gasteiger partial charge in [-0.25, -0.2) is 9.79 Å². The highest BCUT2D eigenvalue weighted by molar-refractivity contribution is 7.07. The highest BCUT2D eigenvalue weighted by Gasteiger charge is 2.35. The Hall–Kier alpha value is -4.83. The quantitative estimate of drug-likeness (QED) is 0.148. The number of thiazole rings is 1. The van der Waals surface area contributed by atoms with Crippen LogP contribution in [0.4, 0.5) is 0 Å². The maximum absolute atomic E-state index is 14.4. The summed E-state index contributed by atoms with van der Waals surface area (Å²) < 4.78 is 24.7. The van der Waals surface area contributed by atoms with Crippen LogP contribution in [0.5, 0.6) is 17.2 Å². The molecule has 8 nitrogen and oxygen atoms in total. The van der Waals surface area contributed by atoms with Crippen LogP contribution < -0.4 is 29.1 Å². The number of carbonyl (C=O) groups is 1. The molecule has 0 fully saturated rings. The minimum atomic E-state index is -0.896. The molecule has 48 heavy (non-hydrogen) atoms. The van der Waals surface area contributed by atoms with Gasteiger partial charge in [0.25, 0.3) is 5.56 Å². The lowest BCUT2D eigenvalue weighted by atomic mass is 9.93. The summed E-state index contributed by atoms with van der Waals surface area (Å²) in [6.07, 6.45) is 1.72. The number of benzene rings is 4. The van der Waals surface area contributed by atoms with E-state index >= 15 is 0 Å². The molecular weight excluding hydrogens is 671 g/mol. The lowest BCUT2D eigenvalue weighted by molar-refractivity contribution is -0.138. The van der Waals surface area contributed by atoms with E-state index < -0.39 is 12.0 Å². The van der Waals surface area contributed by atoms with E-state index in [1.165, 1.54) is 23.0 Å². The van der Waals surface area contributed by atoms with Gasteiger partial charge < -0.3 is 18.9 Å². The summed E-state index contributed by atoms with van der Waals surface area (Å²) in [6.45, 7) is 2.09. The van der Waals surface area contributed by atoms with Gasteiger partial charge in [-0.1, -0.05) is 89.1 Å². The minimum Gasteiger partial charge on any atom is -0.493 e. The topological polar surface area (TPSA) is 88.4 Å². The van der Waals surface area contributed by atoms with Gasteiger partial charge in [0.05, 0.1) is 42.7 Å². The standard InChI is InChI=1S/C37H30Cl2N2O6S/c1-4-46-36(43)32-33(22-10-6-5-7-11-22)40-37-41(34(32)23-14-16-29(44-2)30(19-23)45-3)35(42)31(48-37)20-25-18-26(38)15-17-28(25)47-21-24-12-8-9-13-27(24)39/h5-20,34H,4,21H2,1-3H3/b31-20-/t34-/m1/s1. The number of carbonyl (C=O) groups excluding carboxylic acids is 1. The first kappa shape index (κ1) is 33.1. The Morgan fingerprint density at radius 1 is 0.917 bits per heavy atom. The van der Waals surface area contributed by atoms with E-state index in [0.717, 1.165) is 5.56 Å². The van der Waals surface area contributed by atoms with E-state index in [0.29, 0.717) is 59.0 Å². The van der Waals surface area contributed by atoms with Gasteiger partial charge in [0, 0.05) is 26.7 Å². The number of aromatic nitrogens is 1. The molecule has 6 rings (SSSR count). The molecule has 0 radical (unpaired) electrons. The molecule has 0 spiro atoms. The fourth-order valence-corrected chi connectivity index (χ4v) is 6.82. The molecule has 0 saturated heterocycles. The molecule has 244 valence electrons. The van der Waals surface area contributed by atoms with Crippen molar-refractivity contribution < 1.29 is 23.7 Å². The van der Waals surface area contributed by atoms with Gasteiger partial charge in [0.2, 0.25) is 0 Å². The summed E-state index contributed by atoms with van der Waals surface area (Å²) in [5, 5.41) is 1.06. The van der Waals surface area contributed by atoms with Crippen LogP contribution >= 0.6 is 34.5 Å². The molecule has 1 aliphatic heterocycles. The van der Waals surface area contributed by atoms with E-state index in [9.17, 15) is 9.59 Å². The van der Waals surface area contributed by atoms with Gasteiger partial charge in [0.1, 0.15) is 12.4 Å². The van der Waals surface area contributed by atoms with Crippen molar-refractivity contribution in [3.8, 4) is 17.2 Å². The van der Waals surface area contributed by atoms with Crippen LogP contribution in [0.1, 0.15) is 35.2 Å². The molecule has 4 aromatic carbocycles. The van der Waals surface area contributed by atoms with E-state index in [1.54, 1.807) is 62.6 Å². The number of hydrogen-bond donors (Lipinski definition) is 0. The van der Waals surface area contributed by atoms with Gasteiger partial charge in [-0.3, -0.25) is 9.36 Å². The monoisotopic (exact) mass is 700 g/mol. The third-order valence-corrected chi connectivity index (χ3v) is 9.28. The fraction of sp³-hybridized carbons (Fsp3) is 0.162. The molecule has 1 atom stereocenters. The third kappa shape index (κ3) is 6.62. The summed E-state index contributed by atoms with van der Waals surface area (Å²) in [7, 11) is 3.07. The molecule has 0 unspecified atom stereocenters. The lowest BCUT2D eigenvalue weighted by Crippen LogP contribution is -2.40. The van der Waals surface area contributed by atoms with Crippen molar-refractivity contribution in [2.45, 2.75) is 19.6 Å². The summed E-state index contributed by atoms with van der Waals surface area (Å²) >= 11 is 14.0. The zero-order valence-electron chi connectivity index (χ0n) is 26.2. The van der Waals surface area contributed by atoms with Crippen molar-refractivity contribution in [3.63, 3.8) is 0 Å². The van der Waals surface area contributed by atoms with Crippen LogP contribution in [0, 0.1) is 0 Å². The van der Waals surface area contributed by atoms with Crippen LogP contribution in [0.3, 0.4) is 0 Å². The number of ether oxygens (including phenoxy) is 4. The number of hydrogen-bond acceptors (Lipinski definition) is 8. The zero-order valence-corrected chi connectivity index (χ0v) is 28.6. The molecule has 5 aromatic rings. The van der Waals surface area contributed by atoms with E-state index in [4.69, 9.17) is 47.1 Å². The van der Waals surface area contributed by atoms with Crippen molar-refractivity contribution in [2.75, 3.05) is 20.8 Å². The fourth-order valence-electron chi connectivity index (χ4n) is 5.45. The first-order valence-corrected chi connectivity index (χ1v) is 16.6. The SMILES string of the molecule is CCOC(=O)C1=C(c2ccccc2)N=c2s/c(=C\c3cc(Cl)ccc3OCc3ccccc3Cl)c(=O)n2[C@@H]1c1ccc(OC)c(OC)c1. The van der Waals surface area contributed by atoms with Crippen LogP contribution in [-0.4, -0.2) is 31.4 Å². The van der Waals surface area contributed by atoms with Crippen LogP contribution in [0.25, 0.3) is 11.8 Å². The molecule has 1 aromatic heterocycles. The van der Waals surface area contributed by atoms with Crippen LogP contribution in [0.15, 0.2) is 106 Å². The normalized spacial score (nSPS) is 14.3. The smallest absolute Gasteiger partial charge is 0.338 e. The second kappa shape index (κ2) is 14.5. The van der Waals surface area contributed by atoms with Gasteiger partial charge in [0.15, 0.2) is 16.3 Å². The Morgan fingerprint density at radius 3 is 2.38 bits per heavy atom. The maximum Gasteiger partial charge on any atom is 0.338 e. The van der Waals surface area contributed by atoms with Gasteiger partial charge in [-0.05, 0) is 55.0 Å². The molecule has 0 saturated carbocycles. The number of halogens is 2. The largest absolute Gasteiger partial charge is 0.493 e. The van der Waals surface area contributed by atoms with E-state index in [-0.39, 0.29) is 24.3 Å². The van der Waals surface area contributed by atoms with Crippen LogP contribution in [-0.2, 0) is 16.1 Å². The molecule has 0 aliphatic carbocycles. The first-order valence-electron chi connectivity index (χ1n) is 15.0. The number of rotatable bonds is 10. The van der Waals surface area contributed by atoms with E-state index in [2.05, 4.69) is 0 Å². The number of methoxy groups -OCH3 is 2. The summed E-state index contributed by atoms with van der Waals surface area (Å²) in [4.78, 5) is 33.5. The Morgan fingerprint density at radius 2 is 1.65 bits per heavy atom. The highest BCUT2D eigenvalue weighted by atomic mass is 35.5. The Bertz CT molecular complexity index is 2210. The third-order valence-electron chi connectivity index (χ3n) is 7.70. The minimum absolute atomic E-state index is 0.138. The Labute approximate surface area is 290 Å². The van der Waals surface area contributed by atoms with Crippen molar-refractivity contribution in [2.24, 2.45) is 4.99 Å².